The van der Waals surface area contributed by atoms with Crippen LogP contribution in [0.5, 0.6) is 0 Å². The fourth-order valence-corrected chi connectivity index (χ4v) is 3.65. The third-order valence-electron chi connectivity index (χ3n) is 5.37. The normalized spacial score (nSPS) is 18.0. The molecule has 158 valence electrons. The van der Waals surface area contributed by atoms with Gasteiger partial charge in [0, 0.05) is 47.5 Å². The van der Waals surface area contributed by atoms with E-state index >= 15 is 0 Å². The van der Waals surface area contributed by atoms with Gasteiger partial charge in [0.2, 0.25) is 5.91 Å². The van der Waals surface area contributed by atoms with Crippen molar-refractivity contribution in [2.45, 2.75) is 33.5 Å². The molecule has 3 aromatic rings. The van der Waals surface area contributed by atoms with Crippen molar-refractivity contribution in [3.8, 4) is 11.3 Å². The van der Waals surface area contributed by atoms with Crippen LogP contribution in [0.15, 0.2) is 48.0 Å². The molecule has 0 radical (unpaired) electrons. The fourth-order valence-electron chi connectivity index (χ4n) is 3.65. The smallest absolute Gasteiger partial charge is 0.247 e. The van der Waals surface area contributed by atoms with E-state index in [1.54, 1.807) is 41.8 Å². The summed E-state index contributed by atoms with van der Waals surface area (Å²) in [5, 5.41) is 7.39. The molecule has 1 aliphatic rings. The summed E-state index contributed by atoms with van der Waals surface area (Å²) >= 11 is 0. The summed E-state index contributed by atoms with van der Waals surface area (Å²) in [7, 11) is 0. The first-order valence-corrected chi connectivity index (χ1v) is 9.99. The van der Waals surface area contributed by atoms with Gasteiger partial charge in [-0.2, -0.15) is 5.10 Å². The van der Waals surface area contributed by atoms with Gasteiger partial charge in [0.05, 0.1) is 17.6 Å². The summed E-state index contributed by atoms with van der Waals surface area (Å²) < 4.78 is 1.71. The Balaban J connectivity index is 1.47. The first-order chi connectivity index (χ1) is 14.9. The van der Waals surface area contributed by atoms with Crippen LogP contribution >= 0.6 is 0 Å². The molecule has 1 amide bonds. The zero-order valence-electron chi connectivity index (χ0n) is 17.6. The molecule has 1 aliphatic heterocycles. The number of aliphatic imine (C=N–C) groups is 1. The lowest BCUT2D eigenvalue weighted by Gasteiger charge is -2.23. The molecule has 31 heavy (non-hydrogen) atoms. The number of amides is 1. The van der Waals surface area contributed by atoms with Crippen molar-refractivity contribution in [1.29, 1.82) is 0 Å². The van der Waals surface area contributed by atoms with Gasteiger partial charge in [0.25, 0.3) is 0 Å². The highest BCUT2D eigenvalue weighted by atomic mass is 16.2. The molecule has 0 bridgehead atoms. The van der Waals surface area contributed by atoms with Crippen LogP contribution in [0.4, 0.5) is 5.82 Å². The van der Waals surface area contributed by atoms with Crippen LogP contribution in [0, 0.1) is 19.8 Å². The van der Waals surface area contributed by atoms with Crippen molar-refractivity contribution in [3.63, 3.8) is 0 Å². The first-order valence-electron chi connectivity index (χ1n) is 9.99. The third-order valence-corrected chi connectivity index (χ3v) is 5.37. The highest BCUT2D eigenvalue weighted by Crippen LogP contribution is 2.32. The van der Waals surface area contributed by atoms with Crippen LogP contribution in [-0.2, 0) is 11.3 Å². The molecule has 0 saturated carbocycles. The Hall–Kier alpha value is -3.72. The number of pyridine rings is 1. The second-order valence-corrected chi connectivity index (χ2v) is 7.47. The molecule has 0 spiro atoms. The van der Waals surface area contributed by atoms with Crippen molar-refractivity contribution in [3.05, 3.63) is 59.9 Å². The largest absolute Gasteiger partial charge is 0.309 e. The number of anilines is 1. The molecule has 0 fully saturated rings. The molecular formula is C22H24N8O. The molecule has 2 unspecified atom stereocenters. The number of carbonyl (C=O) groups excluding carboxylic acids is 1. The lowest BCUT2D eigenvalue weighted by atomic mass is 9.89. The van der Waals surface area contributed by atoms with Crippen LogP contribution in [-0.4, -0.2) is 43.0 Å². The van der Waals surface area contributed by atoms with Gasteiger partial charge in [-0.05, 0) is 37.6 Å². The maximum atomic E-state index is 12.6. The van der Waals surface area contributed by atoms with E-state index in [4.69, 9.17) is 5.73 Å². The Morgan fingerprint density at radius 1 is 1.19 bits per heavy atom. The van der Waals surface area contributed by atoms with Gasteiger partial charge in [0.1, 0.15) is 18.5 Å². The Bertz CT molecular complexity index is 1150. The summed E-state index contributed by atoms with van der Waals surface area (Å²) in [5.41, 5.74) is 11.5. The number of aromatic nitrogens is 5. The number of allylic oxidation sites excluding steroid dienone is 1. The van der Waals surface area contributed by atoms with E-state index in [2.05, 4.69) is 30.4 Å². The maximum absolute atomic E-state index is 12.6. The van der Waals surface area contributed by atoms with Crippen molar-refractivity contribution in [1.82, 2.24) is 24.7 Å². The predicted molar refractivity (Wildman–Crippen MR) is 119 cm³/mol. The van der Waals surface area contributed by atoms with Gasteiger partial charge in [-0.25, -0.2) is 4.98 Å². The minimum Gasteiger partial charge on any atom is -0.309 e. The van der Waals surface area contributed by atoms with Crippen molar-refractivity contribution in [2.75, 3.05) is 5.32 Å². The Morgan fingerprint density at radius 2 is 2.03 bits per heavy atom. The third kappa shape index (κ3) is 4.26. The van der Waals surface area contributed by atoms with E-state index in [1.165, 1.54) is 0 Å². The van der Waals surface area contributed by atoms with Gasteiger partial charge >= 0.3 is 0 Å². The first kappa shape index (κ1) is 20.5. The molecule has 0 aliphatic carbocycles. The lowest BCUT2D eigenvalue weighted by molar-refractivity contribution is -0.117. The minimum absolute atomic E-state index is 0.0749. The van der Waals surface area contributed by atoms with E-state index in [0.717, 1.165) is 33.8 Å². The monoisotopic (exact) mass is 416 g/mol. The number of dihydropyridines is 1. The van der Waals surface area contributed by atoms with E-state index < -0.39 is 0 Å². The number of hydrogen-bond donors (Lipinski definition) is 2. The number of carbonyl (C=O) groups is 1. The zero-order valence-corrected chi connectivity index (χ0v) is 17.6. The second-order valence-electron chi connectivity index (χ2n) is 7.47. The average molecular weight is 416 g/mol. The van der Waals surface area contributed by atoms with Crippen LogP contribution < -0.4 is 11.1 Å². The van der Waals surface area contributed by atoms with Crippen LogP contribution in [0.1, 0.15) is 23.9 Å². The molecule has 9 heteroatoms. The number of hydrogen-bond acceptors (Lipinski definition) is 7. The number of nitrogens with one attached hydrogen (secondary N) is 1. The molecule has 9 nitrogen and oxygen atoms in total. The lowest BCUT2D eigenvalue weighted by Crippen LogP contribution is -2.29. The SMILES string of the molecule is Cc1nn(CC(=O)Nc2ccc(-c3cnccn3)cn2)c(C)c1C1=CC=NC(N)C1C. The highest BCUT2D eigenvalue weighted by molar-refractivity contribution is 5.90. The quantitative estimate of drug-likeness (QED) is 0.658. The van der Waals surface area contributed by atoms with Gasteiger partial charge in [-0.15, -0.1) is 0 Å². The van der Waals surface area contributed by atoms with E-state index in [0.29, 0.717) is 5.82 Å². The van der Waals surface area contributed by atoms with E-state index in [1.807, 2.05) is 32.9 Å². The van der Waals surface area contributed by atoms with Crippen molar-refractivity contribution < 1.29 is 4.79 Å². The summed E-state index contributed by atoms with van der Waals surface area (Å²) in [6.45, 7) is 6.03. The molecule has 3 aromatic heterocycles. The molecule has 4 heterocycles. The number of rotatable bonds is 5. The van der Waals surface area contributed by atoms with Gasteiger partial charge < -0.3 is 11.1 Å². The molecule has 2 atom stereocenters. The van der Waals surface area contributed by atoms with Gasteiger partial charge in [0.15, 0.2) is 0 Å². The minimum atomic E-state index is -0.277. The van der Waals surface area contributed by atoms with Crippen LogP contribution in [0.3, 0.4) is 0 Å². The second kappa shape index (κ2) is 8.57. The standard InChI is InChI=1S/C22H24N8O/c1-13-17(6-7-26-22(13)23)21-14(2)29-30(15(21)3)12-20(31)28-19-5-4-16(10-27-19)18-11-24-8-9-25-18/h4-11,13,22H,12,23H2,1-3H3,(H,27,28,31). The number of nitrogens with zero attached hydrogens (tertiary/aromatic N) is 6. The molecule has 3 N–H and O–H groups in total. The van der Waals surface area contributed by atoms with E-state index in [9.17, 15) is 4.79 Å². The van der Waals surface area contributed by atoms with Crippen molar-refractivity contribution in [2.24, 2.45) is 16.6 Å². The van der Waals surface area contributed by atoms with Gasteiger partial charge in [-0.3, -0.25) is 24.4 Å². The summed E-state index contributed by atoms with van der Waals surface area (Å²) in [6.07, 6.45) is 9.99. The molecule has 0 saturated heterocycles. The van der Waals surface area contributed by atoms with Crippen LogP contribution in [0.2, 0.25) is 0 Å². The fraction of sp³-hybridized carbons (Fsp3) is 0.273. The molecule has 0 aromatic carbocycles. The summed E-state index contributed by atoms with van der Waals surface area (Å²) in [6, 6.07) is 3.58. The van der Waals surface area contributed by atoms with Crippen molar-refractivity contribution >= 4 is 23.5 Å². The number of aryl methyl sites for hydroxylation is 1. The number of nitrogens with two attached hydrogens (primary N) is 1. The van der Waals surface area contributed by atoms with Gasteiger partial charge in [-0.1, -0.05) is 6.92 Å². The Labute approximate surface area is 180 Å². The average Bonchev–Trinajstić information content (AvgIpc) is 3.04. The Morgan fingerprint density at radius 3 is 2.74 bits per heavy atom. The topological polar surface area (TPSA) is 124 Å². The highest BCUT2D eigenvalue weighted by Gasteiger charge is 2.25. The summed E-state index contributed by atoms with van der Waals surface area (Å²) in [5.74, 6) is 0.330. The predicted octanol–water partition coefficient (Wildman–Crippen LogP) is 2.38. The molecule has 4 rings (SSSR count). The zero-order chi connectivity index (χ0) is 22.0. The van der Waals surface area contributed by atoms with Crippen LogP contribution in [0.25, 0.3) is 16.8 Å². The van der Waals surface area contributed by atoms with E-state index in [-0.39, 0.29) is 24.5 Å². The summed E-state index contributed by atoms with van der Waals surface area (Å²) in [4.78, 5) is 29.5. The molecular weight excluding hydrogens is 392 g/mol. The Kier molecular flexibility index (Phi) is 5.68. The maximum Gasteiger partial charge on any atom is 0.247 e.